The van der Waals surface area contributed by atoms with Gasteiger partial charge in [-0.15, -0.1) is 11.3 Å². The Morgan fingerprint density at radius 3 is 1.53 bits per heavy atom. The lowest BCUT2D eigenvalue weighted by molar-refractivity contribution is 0.769. The van der Waals surface area contributed by atoms with Crippen LogP contribution < -0.4 is 0 Å². The number of aromatic nitrogens is 3. The Labute approximate surface area is 374 Å². The second kappa shape index (κ2) is 14.7. The van der Waals surface area contributed by atoms with Gasteiger partial charge >= 0.3 is 0 Å². The van der Waals surface area contributed by atoms with Crippen LogP contribution in [0.1, 0.15) is 31.8 Å². The first kappa shape index (κ1) is 29.4. The smallest absolute Gasteiger partial charge is 0.165 e. The molecule has 0 radical (unpaired) electrons. The summed E-state index contributed by atoms with van der Waals surface area (Å²) in [5, 5.41) is 0.293. The van der Waals surface area contributed by atoms with Crippen LogP contribution in [0.2, 0.25) is 0 Å². The molecule has 2 aromatic heterocycles. The van der Waals surface area contributed by atoms with E-state index in [2.05, 4.69) is 97.1 Å². The number of nitrogens with zero attached hydrogens (tertiary/aromatic N) is 3. The van der Waals surface area contributed by atoms with E-state index >= 15 is 0 Å². The molecule has 0 spiro atoms. The third kappa shape index (κ3) is 5.68. The molecule has 0 fully saturated rings. The summed E-state index contributed by atoms with van der Waals surface area (Å²) in [7, 11) is 0. The highest BCUT2D eigenvalue weighted by Crippen LogP contribution is 2.57. The fourth-order valence-corrected chi connectivity index (χ4v) is 10.4. The Morgan fingerprint density at radius 1 is 0.371 bits per heavy atom. The van der Waals surface area contributed by atoms with Gasteiger partial charge in [-0.1, -0.05) is 206 Å². The van der Waals surface area contributed by atoms with Crippen molar-refractivity contribution in [1.29, 1.82) is 0 Å². The largest absolute Gasteiger partial charge is 0.208 e. The lowest BCUT2D eigenvalue weighted by atomic mass is 9.67. The van der Waals surface area contributed by atoms with Crippen molar-refractivity contribution in [2.75, 3.05) is 0 Å². The first-order valence-corrected chi connectivity index (χ1v) is 21.3. The summed E-state index contributed by atoms with van der Waals surface area (Å²) in [6.07, 6.45) is 0. The van der Waals surface area contributed by atoms with Crippen LogP contribution in [0.25, 0.3) is 87.7 Å². The van der Waals surface area contributed by atoms with Gasteiger partial charge in [0.1, 0.15) is 0 Å². The van der Waals surface area contributed by atoms with Crippen molar-refractivity contribution in [3.05, 3.63) is 247 Å². The summed E-state index contributed by atoms with van der Waals surface area (Å²) >= 11 is 1.05. The van der Waals surface area contributed by atoms with Crippen molar-refractivity contribution < 1.29 is 9.60 Å². The molecule has 3 nitrogen and oxygen atoms in total. The van der Waals surface area contributed by atoms with Gasteiger partial charge < -0.3 is 0 Å². The van der Waals surface area contributed by atoms with Crippen LogP contribution in [0.15, 0.2) is 224 Å². The van der Waals surface area contributed by atoms with Gasteiger partial charge in [0.25, 0.3) is 0 Å². The van der Waals surface area contributed by atoms with Crippen molar-refractivity contribution in [3.63, 3.8) is 0 Å². The number of rotatable bonds is 7. The van der Waals surface area contributed by atoms with E-state index in [0.717, 1.165) is 55.8 Å². The van der Waals surface area contributed by atoms with Crippen LogP contribution in [0.5, 0.6) is 0 Å². The monoisotopic (exact) mass is 814 g/mol. The predicted octanol–water partition coefficient (Wildman–Crippen LogP) is 14.9. The maximum atomic E-state index is 9.46. The average molecular weight is 815 g/mol. The number of hydrogen-bond acceptors (Lipinski definition) is 4. The molecule has 11 aromatic rings. The lowest BCUT2D eigenvalue weighted by Crippen LogP contribution is -2.28. The number of benzene rings is 9. The van der Waals surface area contributed by atoms with Crippen LogP contribution in [-0.2, 0) is 5.41 Å². The molecule has 1 aliphatic carbocycles. The quantitative estimate of drug-likeness (QED) is 0.161. The number of thiophene rings is 1. The van der Waals surface area contributed by atoms with E-state index in [1.165, 1.54) is 11.1 Å². The fourth-order valence-electron chi connectivity index (χ4n) is 9.30. The second-order valence-electron chi connectivity index (χ2n) is 15.3. The van der Waals surface area contributed by atoms with Gasteiger partial charge in [0.2, 0.25) is 0 Å². The van der Waals surface area contributed by atoms with E-state index in [0.29, 0.717) is 27.5 Å². The summed E-state index contributed by atoms with van der Waals surface area (Å²) < 4.78 is 63.0. The van der Waals surface area contributed by atoms with E-state index in [-0.39, 0.29) is 51.0 Å². The molecule has 62 heavy (non-hydrogen) atoms. The maximum absolute atomic E-state index is 9.46. The Hall–Kier alpha value is -7.79. The van der Waals surface area contributed by atoms with Crippen molar-refractivity contribution in [1.82, 2.24) is 15.0 Å². The van der Waals surface area contributed by atoms with E-state index in [9.17, 15) is 1.37 Å². The molecule has 0 N–H and O–H groups in total. The molecule has 0 bridgehead atoms. The standard InChI is InChI=1S/C58H37N3S/c1-4-19-38(20-5-1)42-25-10-12-29-48(42)55-59-56(61-57(60-55)50-32-18-31-47-46-28-15-17-34-53(46)62-54(47)50)49-30-13-11-26-43(49)39-35-36-45-44-27-14-16-33-51(44)58(52(45)37-39,40-21-6-2-7-22-40)41-23-8-3-9-24-41/h1-37H/i15D,17D,18D,28D,31D,32D,34D. The first-order chi connectivity index (χ1) is 33.7. The van der Waals surface area contributed by atoms with Gasteiger partial charge in [0.15, 0.2) is 17.5 Å². The molecule has 0 unspecified atom stereocenters. The van der Waals surface area contributed by atoms with Crippen LogP contribution in [0, 0.1) is 0 Å². The molecular weight excluding hydrogens is 771 g/mol. The summed E-state index contributed by atoms with van der Waals surface area (Å²) in [5.74, 6) is 0.712. The average Bonchev–Trinajstić information content (AvgIpc) is 3.95. The zero-order valence-electron chi connectivity index (χ0n) is 40.1. The van der Waals surface area contributed by atoms with E-state index < -0.39 is 23.5 Å². The third-order valence-corrected chi connectivity index (χ3v) is 13.1. The molecule has 1 aliphatic rings. The number of fused-ring (bicyclic) bond motifs is 6. The molecular formula is C58H37N3S. The van der Waals surface area contributed by atoms with Crippen molar-refractivity contribution in [3.8, 4) is 67.5 Å². The fraction of sp³-hybridized carbons (Fsp3) is 0.0172. The minimum atomic E-state index is -0.633. The highest BCUT2D eigenvalue weighted by atomic mass is 32.1. The first-order valence-electron chi connectivity index (χ1n) is 24.0. The minimum Gasteiger partial charge on any atom is -0.208 e. The molecule has 0 atom stereocenters. The molecule has 2 heterocycles. The Morgan fingerprint density at radius 2 is 0.871 bits per heavy atom. The van der Waals surface area contributed by atoms with Crippen molar-refractivity contribution in [2.24, 2.45) is 0 Å². The lowest BCUT2D eigenvalue weighted by Gasteiger charge is -2.34. The number of hydrogen-bond donors (Lipinski definition) is 0. The van der Waals surface area contributed by atoms with E-state index in [1.54, 1.807) is 0 Å². The third-order valence-electron chi connectivity index (χ3n) is 12.0. The van der Waals surface area contributed by atoms with Gasteiger partial charge in [-0.2, -0.15) is 0 Å². The predicted molar refractivity (Wildman–Crippen MR) is 257 cm³/mol. The molecule has 12 rings (SSSR count). The summed E-state index contributed by atoms with van der Waals surface area (Å²) in [4.78, 5) is 15.6. The van der Waals surface area contributed by atoms with Gasteiger partial charge in [-0.05, 0) is 73.8 Å². The van der Waals surface area contributed by atoms with Crippen LogP contribution in [-0.4, -0.2) is 15.0 Å². The summed E-state index contributed by atoms with van der Waals surface area (Å²) in [5.41, 5.74) is 11.5. The maximum Gasteiger partial charge on any atom is 0.165 e. The normalized spacial score (nSPS) is 14.2. The highest BCUT2D eigenvalue weighted by Gasteiger charge is 2.46. The zero-order chi connectivity index (χ0) is 47.1. The van der Waals surface area contributed by atoms with Crippen LogP contribution in [0.3, 0.4) is 0 Å². The molecule has 290 valence electrons. The Kier molecular flexibility index (Phi) is 7.00. The second-order valence-corrected chi connectivity index (χ2v) is 16.3. The van der Waals surface area contributed by atoms with Gasteiger partial charge in [0, 0.05) is 36.9 Å². The molecule has 9 aromatic carbocycles. The zero-order valence-corrected chi connectivity index (χ0v) is 33.9. The molecule has 0 amide bonds. The summed E-state index contributed by atoms with van der Waals surface area (Å²) in [6, 6.07) is 60.0. The van der Waals surface area contributed by atoms with Crippen molar-refractivity contribution in [2.45, 2.75) is 5.41 Å². The minimum absolute atomic E-state index is 0.0783. The molecule has 0 saturated heterocycles. The molecule has 0 aliphatic heterocycles. The highest BCUT2D eigenvalue weighted by molar-refractivity contribution is 7.26. The Bertz CT molecular complexity index is 3840. The SMILES string of the molecule is [2H]c1c([2H])c([2H])c2c(sc3c(-c4nc(-c5ccccc5-c5ccccc5)nc(-c5ccccc5-c5ccc6c(c5)C(c5ccccc5)(c5ccccc5)c5ccccc5-6)n4)c([2H])c([2H])c([2H])c32)c1[2H]. The Balaban J connectivity index is 1.14. The van der Waals surface area contributed by atoms with Gasteiger partial charge in [0.05, 0.1) is 15.0 Å². The summed E-state index contributed by atoms with van der Waals surface area (Å²) in [6.45, 7) is 0. The van der Waals surface area contributed by atoms with E-state index in [1.807, 2.05) is 84.9 Å². The molecule has 4 heteroatoms. The topological polar surface area (TPSA) is 38.7 Å². The van der Waals surface area contributed by atoms with Crippen LogP contribution >= 0.6 is 11.3 Å². The van der Waals surface area contributed by atoms with Crippen molar-refractivity contribution >= 4 is 31.5 Å². The van der Waals surface area contributed by atoms with Crippen LogP contribution in [0.4, 0.5) is 0 Å². The van der Waals surface area contributed by atoms with Gasteiger partial charge in [-0.3, -0.25) is 0 Å². The molecule has 0 saturated carbocycles. The van der Waals surface area contributed by atoms with E-state index in [4.69, 9.17) is 23.2 Å². The van der Waals surface area contributed by atoms with Gasteiger partial charge in [-0.25, -0.2) is 15.0 Å².